The van der Waals surface area contributed by atoms with Crippen molar-refractivity contribution in [2.24, 2.45) is 11.7 Å². The minimum absolute atomic E-state index is 0.166. The Balaban J connectivity index is 2.13. The molecular formula is C9H19N2O+. The summed E-state index contributed by atoms with van der Waals surface area (Å²) in [5, 5.41) is 0. The molecule has 1 rings (SSSR count). The van der Waals surface area contributed by atoms with Crippen molar-refractivity contribution in [3.8, 4) is 0 Å². The number of hydrogen-bond donors (Lipinski definition) is 2. The average molecular weight is 171 g/mol. The summed E-state index contributed by atoms with van der Waals surface area (Å²) in [6.07, 6.45) is 3.14. The second-order valence-corrected chi connectivity index (χ2v) is 3.90. The smallest absolute Gasteiger partial charge is 0.223 e. The lowest BCUT2D eigenvalue weighted by atomic mass is 9.99. The van der Waals surface area contributed by atoms with Gasteiger partial charge in [-0.15, -0.1) is 0 Å². The van der Waals surface area contributed by atoms with Gasteiger partial charge in [-0.25, -0.2) is 0 Å². The van der Waals surface area contributed by atoms with Gasteiger partial charge in [0.25, 0.3) is 0 Å². The zero-order valence-electron chi connectivity index (χ0n) is 7.81. The van der Waals surface area contributed by atoms with Gasteiger partial charge in [0.2, 0.25) is 5.91 Å². The lowest BCUT2D eigenvalue weighted by molar-refractivity contribution is -0.905. The van der Waals surface area contributed by atoms with Crippen LogP contribution in [-0.4, -0.2) is 25.5 Å². The Morgan fingerprint density at radius 3 is 2.58 bits per heavy atom. The molecule has 3 N–H and O–H groups in total. The number of carbonyl (C=O) groups excluding carboxylic acids is 1. The molecule has 1 heterocycles. The summed E-state index contributed by atoms with van der Waals surface area (Å²) in [5.41, 5.74) is 5.08. The molecule has 0 unspecified atom stereocenters. The van der Waals surface area contributed by atoms with E-state index in [0.717, 1.165) is 12.5 Å². The summed E-state index contributed by atoms with van der Waals surface area (Å²) in [5.74, 6) is 0.712. The molecule has 1 aliphatic rings. The third-order valence-corrected chi connectivity index (χ3v) is 2.71. The first-order valence-corrected chi connectivity index (χ1v) is 4.80. The van der Waals surface area contributed by atoms with Gasteiger partial charge >= 0.3 is 0 Å². The Labute approximate surface area is 73.9 Å². The highest BCUT2D eigenvalue weighted by Gasteiger charge is 2.18. The maximum atomic E-state index is 10.5. The first kappa shape index (κ1) is 9.52. The monoisotopic (exact) mass is 171 g/mol. The van der Waals surface area contributed by atoms with Crippen molar-refractivity contribution in [3.05, 3.63) is 0 Å². The molecule has 70 valence electrons. The van der Waals surface area contributed by atoms with E-state index < -0.39 is 0 Å². The van der Waals surface area contributed by atoms with Gasteiger partial charge in [-0.2, -0.15) is 0 Å². The SMILES string of the molecule is CC1CC[NH+](CCC(N)=O)CC1. The van der Waals surface area contributed by atoms with Crippen LogP contribution in [0.4, 0.5) is 0 Å². The van der Waals surface area contributed by atoms with Gasteiger partial charge in [0.15, 0.2) is 0 Å². The lowest BCUT2D eigenvalue weighted by Crippen LogP contribution is -3.13. The van der Waals surface area contributed by atoms with Crippen molar-refractivity contribution in [2.75, 3.05) is 19.6 Å². The number of carbonyl (C=O) groups is 1. The molecule has 0 spiro atoms. The van der Waals surface area contributed by atoms with E-state index in [1.54, 1.807) is 4.90 Å². The van der Waals surface area contributed by atoms with E-state index in [2.05, 4.69) is 6.92 Å². The normalized spacial score (nSPS) is 30.1. The zero-order valence-corrected chi connectivity index (χ0v) is 7.81. The standard InChI is InChI=1S/C9H18N2O/c1-8-2-5-11(6-3-8)7-4-9(10)12/h8H,2-7H2,1H3,(H2,10,12)/p+1. The van der Waals surface area contributed by atoms with Crippen LogP contribution in [0.3, 0.4) is 0 Å². The molecule has 0 radical (unpaired) electrons. The Bertz CT molecular complexity index is 151. The Morgan fingerprint density at radius 1 is 1.50 bits per heavy atom. The minimum atomic E-state index is -0.166. The fourth-order valence-corrected chi connectivity index (χ4v) is 1.72. The van der Waals surface area contributed by atoms with Crippen LogP contribution >= 0.6 is 0 Å². The lowest BCUT2D eigenvalue weighted by Gasteiger charge is -2.26. The van der Waals surface area contributed by atoms with Gasteiger partial charge in [-0.1, -0.05) is 6.92 Å². The predicted molar refractivity (Wildman–Crippen MR) is 47.8 cm³/mol. The number of hydrogen-bond acceptors (Lipinski definition) is 1. The van der Waals surface area contributed by atoms with E-state index in [1.165, 1.54) is 25.9 Å². The van der Waals surface area contributed by atoms with Crippen molar-refractivity contribution in [1.29, 1.82) is 0 Å². The van der Waals surface area contributed by atoms with Crippen molar-refractivity contribution in [1.82, 2.24) is 0 Å². The Kier molecular flexibility index (Phi) is 3.53. The number of nitrogens with two attached hydrogens (primary N) is 1. The maximum absolute atomic E-state index is 10.5. The summed E-state index contributed by atoms with van der Waals surface area (Å²) in [6, 6.07) is 0. The first-order valence-electron chi connectivity index (χ1n) is 4.80. The van der Waals surface area contributed by atoms with Gasteiger partial charge in [0.1, 0.15) is 0 Å². The molecule has 0 aliphatic carbocycles. The Hall–Kier alpha value is -0.570. The van der Waals surface area contributed by atoms with Crippen LogP contribution < -0.4 is 10.6 Å². The summed E-state index contributed by atoms with van der Waals surface area (Å²) < 4.78 is 0. The quantitative estimate of drug-likeness (QED) is 0.572. The minimum Gasteiger partial charge on any atom is -0.369 e. The number of amides is 1. The summed E-state index contributed by atoms with van der Waals surface area (Å²) in [6.45, 7) is 5.66. The van der Waals surface area contributed by atoms with Crippen LogP contribution in [-0.2, 0) is 4.79 Å². The molecule has 0 saturated carbocycles. The molecule has 3 heteroatoms. The molecule has 0 atom stereocenters. The number of piperidine rings is 1. The molecule has 12 heavy (non-hydrogen) atoms. The molecule has 1 aliphatic heterocycles. The van der Waals surface area contributed by atoms with Crippen molar-refractivity contribution in [3.63, 3.8) is 0 Å². The first-order chi connectivity index (χ1) is 5.68. The van der Waals surface area contributed by atoms with Gasteiger partial charge in [0, 0.05) is 0 Å². The predicted octanol–water partition coefficient (Wildman–Crippen LogP) is -0.823. The number of likely N-dealkylation sites (tertiary alicyclic amines) is 1. The largest absolute Gasteiger partial charge is 0.369 e. The van der Waals surface area contributed by atoms with Crippen molar-refractivity contribution >= 4 is 5.91 Å². The van der Waals surface area contributed by atoms with E-state index in [-0.39, 0.29) is 5.91 Å². The van der Waals surface area contributed by atoms with Crippen LogP contribution in [0.15, 0.2) is 0 Å². The molecule has 0 aromatic heterocycles. The highest BCUT2D eigenvalue weighted by Crippen LogP contribution is 2.06. The number of primary amides is 1. The summed E-state index contributed by atoms with van der Waals surface area (Å²) >= 11 is 0. The zero-order chi connectivity index (χ0) is 8.97. The van der Waals surface area contributed by atoms with Gasteiger partial charge < -0.3 is 10.6 Å². The third-order valence-electron chi connectivity index (χ3n) is 2.71. The number of nitrogens with one attached hydrogen (secondary N) is 1. The Morgan fingerprint density at radius 2 is 2.08 bits per heavy atom. The second kappa shape index (κ2) is 4.45. The molecule has 3 nitrogen and oxygen atoms in total. The molecule has 0 aromatic rings. The van der Waals surface area contributed by atoms with Crippen LogP contribution in [0, 0.1) is 5.92 Å². The van der Waals surface area contributed by atoms with Crippen LogP contribution in [0.25, 0.3) is 0 Å². The van der Waals surface area contributed by atoms with Crippen LogP contribution in [0.2, 0.25) is 0 Å². The average Bonchev–Trinajstić information content (AvgIpc) is 2.03. The molecule has 1 saturated heterocycles. The highest BCUT2D eigenvalue weighted by molar-refractivity contribution is 5.73. The number of quaternary nitrogens is 1. The van der Waals surface area contributed by atoms with E-state index in [4.69, 9.17) is 5.73 Å². The topological polar surface area (TPSA) is 47.5 Å². The number of rotatable bonds is 3. The van der Waals surface area contributed by atoms with E-state index in [0.29, 0.717) is 6.42 Å². The van der Waals surface area contributed by atoms with Gasteiger partial charge in [-0.05, 0) is 18.8 Å². The second-order valence-electron chi connectivity index (χ2n) is 3.90. The van der Waals surface area contributed by atoms with Gasteiger partial charge in [0.05, 0.1) is 26.1 Å². The van der Waals surface area contributed by atoms with E-state index in [9.17, 15) is 4.79 Å². The van der Waals surface area contributed by atoms with Crippen molar-refractivity contribution in [2.45, 2.75) is 26.2 Å². The van der Waals surface area contributed by atoms with Crippen LogP contribution in [0.5, 0.6) is 0 Å². The fourth-order valence-electron chi connectivity index (χ4n) is 1.72. The molecule has 0 bridgehead atoms. The van der Waals surface area contributed by atoms with Gasteiger partial charge in [-0.3, -0.25) is 4.79 Å². The molecule has 1 amide bonds. The van der Waals surface area contributed by atoms with Crippen molar-refractivity contribution < 1.29 is 9.69 Å². The molecule has 0 aromatic carbocycles. The molecule has 1 fully saturated rings. The summed E-state index contributed by atoms with van der Waals surface area (Å²) in [4.78, 5) is 12.1. The highest BCUT2D eigenvalue weighted by atomic mass is 16.1. The summed E-state index contributed by atoms with van der Waals surface area (Å²) in [7, 11) is 0. The third kappa shape index (κ3) is 3.22. The maximum Gasteiger partial charge on any atom is 0.223 e. The van der Waals surface area contributed by atoms with E-state index >= 15 is 0 Å². The fraction of sp³-hybridized carbons (Fsp3) is 0.889. The van der Waals surface area contributed by atoms with E-state index in [1.807, 2.05) is 0 Å². The molecular weight excluding hydrogens is 152 g/mol. The van der Waals surface area contributed by atoms with Crippen LogP contribution in [0.1, 0.15) is 26.2 Å².